The molecule has 0 radical (unpaired) electrons. The number of fused-ring (bicyclic) bond motifs is 19. The minimum Gasteiger partial charge on any atom is -0.278 e. The second-order valence-corrected chi connectivity index (χ2v) is 16.8. The maximum Gasteiger partial charge on any atom is 0.235 e. The van der Waals surface area contributed by atoms with E-state index in [0.29, 0.717) is 5.95 Å². The molecule has 0 fully saturated rings. The van der Waals surface area contributed by atoms with Crippen LogP contribution < -0.4 is 0 Å². The van der Waals surface area contributed by atoms with Crippen LogP contribution in [-0.4, -0.2) is 14.5 Å². The smallest absolute Gasteiger partial charge is 0.235 e. The zero-order valence-corrected chi connectivity index (χ0v) is 33.5. The van der Waals surface area contributed by atoms with Crippen LogP contribution in [-0.2, 0) is 5.41 Å². The maximum absolute atomic E-state index is 5.65. The molecular formula is C59H35N3. The zero-order valence-electron chi connectivity index (χ0n) is 33.5. The van der Waals surface area contributed by atoms with Gasteiger partial charge in [0, 0.05) is 27.5 Å². The molecule has 0 atom stereocenters. The SMILES string of the molecule is c1ccc2c(c1)-c1ccccc1C21c2ccccc2-c2c1c1c(c3ccccc23)c2ccccc2n1-c1nc(-c2ccc3ccccc3c2)cc(-c2ccc3ccccc3c2)n1. The molecule has 0 bridgehead atoms. The lowest BCUT2D eigenvalue weighted by atomic mass is 9.70. The molecule has 0 aliphatic heterocycles. The van der Waals surface area contributed by atoms with E-state index >= 15 is 0 Å². The van der Waals surface area contributed by atoms with Crippen molar-refractivity contribution in [3.8, 4) is 50.7 Å². The Kier molecular flexibility index (Phi) is 6.76. The fourth-order valence-corrected chi connectivity index (χ4v) is 11.3. The van der Waals surface area contributed by atoms with Crippen LogP contribution in [0, 0.1) is 0 Å². The zero-order chi connectivity index (χ0) is 40.5. The summed E-state index contributed by atoms with van der Waals surface area (Å²) in [7, 11) is 0. The van der Waals surface area contributed by atoms with Crippen LogP contribution in [0.3, 0.4) is 0 Å². The van der Waals surface area contributed by atoms with Gasteiger partial charge in [-0.1, -0.05) is 188 Å². The van der Waals surface area contributed by atoms with Gasteiger partial charge in [0.2, 0.25) is 5.95 Å². The third kappa shape index (κ3) is 4.39. The standard InChI is InChI=1S/C59H35N3/c1-3-17-38-33-40(31-29-36(38)15-1)51-35-52(41-32-30-37-16-2-4-18-39(37)34-41)61-58(60-51)62-53-28-14-10-24-47(53)55-45-22-6-5-21-44(45)54-46-23-9-13-27-50(46)59(56(54)57(55)62)48-25-11-7-19-42(48)43-20-8-12-26-49(43)59/h1-35H. The van der Waals surface area contributed by atoms with Crippen molar-refractivity contribution in [3.63, 3.8) is 0 Å². The first kappa shape index (κ1) is 33.7. The van der Waals surface area contributed by atoms with Gasteiger partial charge in [0.15, 0.2) is 0 Å². The highest BCUT2D eigenvalue weighted by molar-refractivity contribution is 6.27. The highest BCUT2D eigenvalue weighted by Gasteiger charge is 2.53. The topological polar surface area (TPSA) is 30.7 Å². The van der Waals surface area contributed by atoms with Gasteiger partial charge >= 0.3 is 0 Å². The lowest BCUT2D eigenvalue weighted by Crippen LogP contribution is -2.26. The van der Waals surface area contributed by atoms with Crippen LogP contribution in [0.15, 0.2) is 212 Å². The molecule has 10 aromatic carbocycles. The summed E-state index contributed by atoms with van der Waals surface area (Å²) in [6, 6.07) is 77.8. The normalized spacial score (nSPS) is 13.3. The third-order valence-corrected chi connectivity index (χ3v) is 13.8. The summed E-state index contributed by atoms with van der Waals surface area (Å²) in [4.78, 5) is 11.3. The first-order valence-electron chi connectivity index (χ1n) is 21.4. The van der Waals surface area contributed by atoms with Crippen LogP contribution in [0.25, 0.3) is 105 Å². The van der Waals surface area contributed by atoms with E-state index in [0.717, 1.165) is 33.5 Å². The van der Waals surface area contributed by atoms with Crippen molar-refractivity contribution in [2.45, 2.75) is 5.41 Å². The summed E-state index contributed by atoms with van der Waals surface area (Å²) in [5.41, 5.74) is 15.8. The molecule has 14 rings (SSSR count). The summed E-state index contributed by atoms with van der Waals surface area (Å²) in [5, 5.41) is 9.64. The number of hydrogen-bond donors (Lipinski definition) is 0. The maximum atomic E-state index is 5.65. The number of benzene rings is 10. The van der Waals surface area contributed by atoms with E-state index in [1.165, 1.54) is 87.6 Å². The molecule has 286 valence electrons. The number of para-hydroxylation sites is 1. The average Bonchev–Trinajstić information content (AvgIpc) is 3.96. The Bertz CT molecular complexity index is 3750. The van der Waals surface area contributed by atoms with E-state index < -0.39 is 5.41 Å². The second-order valence-electron chi connectivity index (χ2n) is 16.8. The summed E-state index contributed by atoms with van der Waals surface area (Å²) >= 11 is 0. The minimum absolute atomic E-state index is 0.593. The summed E-state index contributed by atoms with van der Waals surface area (Å²) < 4.78 is 2.40. The first-order valence-corrected chi connectivity index (χ1v) is 21.4. The molecule has 12 aromatic rings. The molecule has 2 aliphatic carbocycles. The van der Waals surface area contributed by atoms with Gasteiger partial charge in [-0.3, -0.25) is 4.57 Å². The van der Waals surface area contributed by atoms with Crippen molar-refractivity contribution in [3.05, 3.63) is 235 Å². The molecule has 0 saturated heterocycles. The molecule has 2 aromatic heterocycles. The highest BCUT2D eigenvalue weighted by atomic mass is 15.2. The van der Waals surface area contributed by atoms with Crippen LogP contribution in [0.1, 0.15) is 22.3 Å². The highest BCUT2D eigenvalue weighted by Crippen LogP contribution is 2.66. The number of rotatable bonds is 3. The fourth-order valence-electron chi connectivity index (χ4n) is 11.3. The monoisotopic (exact) mass is 785 g/mol. The van der Waals surface area contributed by atoms with Crippen molar-refractivity contribution >= 4 is 54.1 Å². The molecule has 0 saturated carbocycles. The molecule has 2 aliphatic rings. The molecule has 2 heterocycles. The minimum atomic E-state index is -0.593. The number of hydrogen-bond acceptors (Lipinski definition) is 2. The van der Waals surface area contributed by atoms with E-state index in [1.807, 2.05) is 0 Å². The van der Waals surface area contributed by atoms with E-state index in [9.17, 15) is 0 Å². The van der Waals surface area contributed by atoms with Crippen molar-refractivity contribution in [2.24, 2.45) is 0 Å². The van der Waals surface area contributed by atoms with Gasteiger partial charge in [-0.05, 0) is 95.5 Å². The van der Waals surface area contributed by atoms with Crippen molar-refractivity contribution in [2.75, 3.05) is 0 Å². The number of aromatic nitrogens is 3. The van der Waals surface area contributed by atoms with E-state index in [4.69, 9.17) is 9.97 Å². The van der Waals surface area contributed by atoms with Crippen LogP contribution >= 0.6 is 0 Å². The Balaban J connectivity index is 1.18. The Morgan fingerprint density at radius 2 is 0.839 bits per heavy atom. The van der Waals surface area contributed by atoms with Gasteiger partial charge in [-0.25, -0.2) is 9.97 Å². The Hall–Kier alpha value is -8.14. The summed E-state index contributed by atoms with van der Waals surface area (Å²) in [6.07, 6.45) is 0. The van der Waals surface area contributed by atoms with Crippen LogP contribution in [0.4, 0.5) is 0 Å². The largest absolute Gasteiger partial charge is 0.278 e. The molecular weight excluding hydrogens is 751 g/mol. The van der Waals surface area contributed by atoms with Crippen molar-refractivity contribution < 1.29 is 0 Å². The molecule has 3 heteroatoms. The van der Waals surface area contributed by atoms with Crippen LogP contribution in [0.2, 0.25) is 0 Å². The van der Waals surface area contributed by atoms with Gasteiger partial charge in [0.25, 0.3) is 0 Å². The van der Waals surface area contributed by atoms with E-state index in [2.05, 4.69) is 217 Å². The third-order valence-electron chi connectivity index (χ3n) is 13.8. The molecule has 0 unspecified atom stereocenters. The van der Waals surface area contributed by atoms with Gasteiger partial charge in [-0.15, -0.1) is 0 Å². The molecule has 0 N–H and O–H groups in total. The summed E-state index contributed by atoms with van der Waals surface area (Å²) in [5.74, 6) is 0.646. The lowest BCUT2D eigenvalue weighted by Gasteiger charge is -2.31. The molecule has 3 nitrogen and oxygen atoms in total. The van der Waals surface area contributed by atoms with Gasteiger partial charge in [0.05, 0.1) is 27.8 Å². The Morgan fingerprint density at radius 3 is 1.45 bits per heavy atom. The van der Waals surface area contributed by atoms with E-state index in [1.54, 1.807) is 0 Å². The predicted octanol–water partition coefficient (Wildman–Crippen LogP) is 14.7. The lowest BCUT2D eigenvalue weighted by molar-refractivity contribution is 0.796. The van der Waals surface area contributed by atoms with Crippen molar-refractivity contribution in [1.29, 1.82) is 0 Å². The van der Waals surface area contributed by atoms with Gasteiger partial charge < -0.3 is 0 Å². The molecule has 62 heavy (non-hydrogen) atoms. The summed E-state index contributed by atoms with van der Waals surface area (Å²) in [6.45, 7) is 0. The average molecular weight is 786 g/mol. The Labute approximate surface area is 357 Å². The van der Waals surface area contributed by atoms with Crippen LogP contribution in [0.5, 0.6) is 0 Å². The second kappa shape index (κ2) is 12.4. The van der Waals surface area contributed by atoms with Crippen molar-refractivity contribution in [1.82, 2.24) is 14.5 Å². The fraction of sp³-hybridized carbons (Fsp3) is 0.0169. The quantitative estimate of drug-likeness (QED) is 0.179. The van der Waals surface area contributed by atoms with Gasteiger partial charge in [-0.2, -0.15) is 0 Å². The van der Waals surface area contributed by atoms with Gasteiger partial charge in [0.1, 0.15) is 0 Å². The predicted molar refractivity (Wildman–Crippen MR) is 256 cm³/mol. The Morgan fingerprint density at radius 1 is 0.371 bits per heavy atom. The molecule has 0 amide bonds. The van der Waals surface area contributed by atoms with E-state index in [-0.39, 0.29) is 0 Å². The molecule has 1 spiro atoms. The number of nitrogens with zero attached hydrogens (tertiary/aromatic N) is 3. The first-order chi connectivity index (χ1) is 30.8.